The lowest BCUT2D eigenvalue weighted by atomic mass is 10.0. The first-order chi connectivity index (χ1) is 24.8. The number of benzene rings is 7. The van der Waals surface area contributed by atoms with Gasteiger partial charge in [-0.15, -0.1) is 0 Å². The van der Waals surface area contributed by atoms with Crippen molar-refractivity contribution in [1.29, 1.82) is 0 Å². The summed E-state index contributed by atoms with van der Waals surface area (Å²) in [5.41, 5.74) is 10.3. The van der Waals surface area contributed by atoms with Crippen LogP contribution in [-0.4, -0.2) is 16.2 Å². The number of hydrogen-bond donors (Lipinski definition) is 1. The molecule has 1 aliphatic heterocycles. The number of fused-ring (bicyclic) bond motifs is 6. The third kappa shape index (κ3) is 4.63. The third-order valence-electron chi connectivity index (χ3n) is 9.67. The number of nitrogens with one attached hydrogen (secondary N) is 1. The molecular formula is C45H30N4O. The van der Waals surface area contributed by atoms with Gasteiger partial charge in [-0.3, -0.25) is 0 Å². The van der Waals surface area contributed by atoms with Crippen LogP contribution in [0.1, 0.15) is 22.9 Å². The first-order valence-electron chi connectivity index (χ1n) is 16.9. The van der Waals surface area contributed by atoms with Crippen LogP contribution in [0.5, 0.6) is 0 Å². The molecule has 1 unspecified atom stereocenters. The van der Waals surface area contributed by atoms with Crippen LogP contribution in [-0.2, 0) is 0 Å². The lowest BCUT2D eigenvalue weighted by Crippen LogP contribution is -2.33. The molecule has 0 fully saturated rings. The summed E-state index contributed by atoms with van der Waals surface area (Å²) < 4.78 is 9.11. The minimum absolute atomic E-state index is 0.289. The molecule has 5 heteroatoms. The second-order valence-electron chi connectivity index (χ2n) is 12.7. The van der Waals surface area contributed by atoms with E-state index < -0.39 is 0 Å². The molecule has 0 bridgehead atoms. The maximum atomic E-state index is 6.77. The zero-order chi connectivity index (χ0) is 33.0. The highest BCUT2D eigenvalue weighted by atomic mass is 16.3. The number of nitrogens with zero attached hydrogens (tertiary/aromatic N) is 3. The Hall–Kier alpha value is -6.72. The quantitative estimate of drug-likeness (QED) is 0.203. The van der Waals surface area contributed by atoms with Gasteiger partial charge in [-0.1, -0.05) is 127 Å². The Labute approximate surface area is 288 Å². The number of rotatable bonds is 5. The Kier molecular flexibility index (Phi) is 6.49. The SMILES string of the molecule is c1ccc(C2=NC(c3cccc4c3oc3cc(-n5c6ccccc6c6cc(-c7ccccc7)ccc65)ccc34)=NC(c3ccccc3)N2)cc1. The number of para-hydroxylation sites is 2. The molecule has 2 aromatic heterocycles. The fourth-order valence-electron chi connectivity index (χ4n) is 7.28. The molecule has 0 saturated carbocycles. The average molecular weight is 643 g/mol. The van der Waals surface area contributed by atoms with Crippen LogP contribution in [0.2, 0.25) is 0 Å². The number of hydrogen-bond acceptors (Lipinski definition) is 4. The minimum Gasteiger partial charge on any atom is -0.455 e. The van der Waals surface area contributed by atoms with Crippen LogP contribution < -0.4 is 5.32 Å². The molecule has 5 nitrogen and oxygen atoms in total. The van der Waals surface area contributed by atoms with E-state index in [0.29, 0.717) is 5.84 Å². The maximum Gasteiger partial charge on any atom is 0.163 e. The van der Waals surface area contributed by atoms with Crippen molar-refractivity contribution >= 4 is 55.4 Å². The normalized spacial score (nSPS) is 14.6. The molecule has 0 aliphatic carbocycles. The van der Waals surface area contributed by atoms with Crippen molar-refractivity contribution in [2.24, 2.45) is 9.98 Å². The van der Waals surface area contributed by atoms with Crippen molar-refractivity contribution < 1.29 is 4.42 Å². The van der Waals surface area contributed by atoms with Crippen LogP contribution in [0.25, 0.3) is 60.6 Å². The highest BCUT2D eigenvalue weighted by Gasteiger charge is 2.24. The highest BCUT2D eigenvalue weighted by molar-refractivity contribution is 6.19. The van der Waals surface area contributed by atoms with E-state index in [1.54, 1.807) is 0 Å². The molecule has 1 N–H and O–H groups in total. The molecule has 0 radical (unpaired) electrons. The van der Waals surface area contributed by atoms with Crippen LogP contribution in [0.15, 0.2) is 184 Å². The van der Waals surface area contributed by atoms with Gasteiger partial charge in [-0.2, -0.15) is 0 Å². The fraction of sp³-hybridized carbons (Fsp3) is 0.0222. The third-order valence-corrected chi connectivity index (χ3v) is 9.67. The molecular weight excluding hydrogens is 613 g/mol. The van der Waals surface area contributed by atoms with Gasteiger partial charge < -0.3 is 14.3 Å². The van der Waals surface area contributed by atoms with Gasteiger partial charge in [-0.25, -0.2) is 9.98 Å². The van der Waals surface area contributed by atoms with Gasteiger partial charge in [0.25, 0.3) is 0 Å². The van der Waals surface area contributed by atoms with Crippen molar-refractivity contribution in [3.8, 4) is 16.8 Å². The van der Waals surface area contributed by atoms with E-state index in [1.165, 1.54) is 21.9 Å². The molecule has 1 aliphatic rings. The summed E-state index contributed by atoms with van der Waals surface area (Å²) in [4.78, 5) is 10.2. The molecule has 236 valence electrons. The Morgan fingerprint density at radius 2 is 1.22 bits per heavy atom. The molecule has 0 saturated heterocycles. The maximum absolute atomic E-state index is 6.77. The van der Waals surface area contributed by atoms with Crippen LogP contribution in [0.4, 0.5) is 0 Å². The van der Waals surface area contributed by atoms with Gasteiger partial charge in [0.05, 0.1) is 16.6 Å². The highest BCUT2D eigenvalue weighted by Crippen LogP contribution is 2.38. The second-order valence-corrected chi connectivity index (χ2v) is 12.7. The standard InChI is InChI=1S/C45H30N4O/c1-4-13-29(14-5-1)32-23-26-40-38(27-32)34-19-10-11-22-39(34)49(40)33-24-25-35-36-20-12-21-37(42(36)50-41(35)28-33)45-47-43(30-15-6-2-7-16-30)46-44(48-45)31-17-8-3-9-18-31/h1-28,43H,(H,46,47,48). The topological polar surface area (TPSA) is 54.8 Å². The van der Waals surface area contributed by atoms with E-state index in [4.69, 9.17) is 14.4 Å². The van der Waals surface area contributed by atoms with Crippen LogP contribution in [0, 0.1) is 0 Å². The first kappa shape index (κ1) is 28.3. The summed E-state index contributed by atoms with van der Waals surface area (Å²) in [7, 11) is 0. The average Bonchev–Trinajstić information content (AvgIpc) is 3.74. The van der Waals surface area contributed by atoms with Crippen molar-refractivity contribution in [3.63, 3.8) is 0 Å². The van der Waals surface area contributed by atoms with Gasteiger partial charge >= 0.3 is 0 Å². The molecule has 9 aromatic rings. The van der Waals surface area contributed by atoms with E-state index in [9.17, 15) is 0 Å². The van der Waals surface area contributed by atoms with Crippen molar-refractivity contribution in [2.45, 2.75) is 6.17 Å². The van der Waals surface area contributed by atoms with E-state index in [2.05, 4.69) is 143 Å². The minimum atomic E-state index is -0.289. The molecule has 1 atom stereocenters. The largest absolute Gasteiger partial charge is 0.455 e. The molecule has 10 rings (SSSR count). The Balaban J connectivity index is 1.13. The Morgan fingerprint density at radius 1 is 0.520 bits per heavy atom. The molecule has 7 aromatic carbocycles. The predicted octanol–water partition coefficient (Wildman–Crippen LogP) is 10.8. The summed E-state index contributed by atoms with van der Waals surface area (Å²) in [5.74, 6) is 1.42. The summed E-state index contributed by atoms with van der Waals surface area (Å²) in [6, 6.07) is 59.2. The van der Waals surface area contributed by atoms with Gasteiger partial charge in [0.1, 0.15) is 23.2 Å². The monoisotopic (exact) mass is 642 g/mol. The molecule has 0 spiro atoms. The van der Waals surface area contributed by atoms with E-state index >= 15 is 0 Å². The predicted molar refractivity (Wildman–Crippen MR) is 205 cm³/mol. The number of furan rings is 1. The van der Waals surface area contributed by atoms with Gasteiger partial charge in [-0.05, 0) is 53.1 Å². The molecule has 50 heavy (non-hydrogen) atoms. The van der Waals surface area contributed by atoms with Crippen molar-refractivity contribution in [3.05, 3.63) is 187 Å². The Morgan fingerprint density at radius 3 is 2.04 bits per heavy atom. The molecule has 0 amide bonds. The lowest BCUT2D eigenvalue weighted by Gasteiger charge is -2.23. The summed E-state index contributed by atoms with van der Waals surface area (Å²) >= 11 is 0. The summed E-state index contributed by atoms with van der Waals surface area (Å²) in [5, 5.41) is 8.08. The first-order valence-corrected chi connectivity index (χ1v) is 16.9. The fourth-order valence-corrected chi connectivity index (χ4v) is 7.28. The summed E-state index contributed by atoms with van der Waals surface area (Å²) in [6.07, 6.45) is -0.289. The van der Waals surface area contributed by atoms with Crippen molar-refractivity contribution in [1.82, 2.24) is 9.88 Å². The van der Waals surface area contributed by atoms with Gasteiger partial charge in [0.15, 0.2) is 5.84 Å². The van der Waals surface area contributed by atoms with Crippen molar-refractivity contribution in [2.75, 3.05) is 0 Å². The zero-order valence-electron chi connectivity index (χ0n) is 27.0. The van der Waals surface area contributed by atoms with Gasteiger partial charge in [0.2, 0.25) is 0 Å². The number of aromatic nitrogens is 1. The number of amidine groups is 2. The second kappa shape index (κ2) is 11.5. The summed E-state index contributed by atoms with van der Waals surface area (Å²) in [6.45, 7) is 0. The molecule has 3 heterocycles. The van der Waals surface area contributed by atoms with E-state index in [-0.39, 0.29) is 6.17 Å². The Bertz CT molecular complexity index is 2780. The van der Waals surface area contributed by atoms with E-state index in [1.807, 2.05) is 36.4 Å². The smallest absolute Gasteiger partial charge is 0.163 e. The lowest BCUT2D eigenvalue weighted by molar-refractivity contribution is 0.663. The van der Waals surface area contributed by atoms with Crippen LogP contribution in [0.3, 0.4) is 0 Å². The van der Waals surface area contributed by atoms with Gasteiger partial charge in [0, 0.05) is 38.9 Å². The van der Waals surface area contributed by atoms with Crippen LogP contribution >= 0.6 is 0 Å². The number of aliphatic imine (C=N–C) groups is 2. The zero-order valence-corrected chi connectivity index (χ0v) is 27.0. The van der Waals surface area contributed by atoms with E-state index in [0.717, 1.165) is 61.2 Å².